The van der Waals surface area contributed by atoms with Gasteiger partial charge in [0, 0.05) is 6.61 Å². The van der Waals surface area contributed by atoms with Gasteiger partial charge >= 0.3 is 0 Å². The van der Waals surface area contributed by atoms with Gasteiger partial charge in [-0.1, -0.05) is 68.4 Å². The average Bonchev–Trinajstić information content (AvgIpc) is 2.45. The lowest BCUT2D eigenvalue weighted by molar-refractivity contribution is 0.113. The second-order valence-electron chi connectivity index (χ2n) is 5.24. The van der Waals surface area contributed by atoms with E-state index < -0.39 is 0 Å². The highest BCUT2D eigenvalue weighted by atomic mass is 16.5. The minimum atomic E-state index is 0.601. The molecular weight excluding hydrogens is 232 g/mol. The Bertz CT molecular complexity index is 488. The summed E-state index contributed by atoms with van der Waals surface area (Å²) in [6.07, 6.45) is 0.970. The SMILES string of the molecule is CC(C)COCCc1ccccc1-c1ccccc1. The van der Waals surface area contributed by atoms with Crippen molar-refractivity contribution in [3.8, 4) is 11.1 Å². The van der Waals surface area contributed by atoms with Gasteiger partial charge < -0.3 is 4.74 Å². The predicted octanol–water partition coefficient (Wildman–Crippen LogP) is 4.57. The number of hydrogen-bond acceptors (Lipinski definition) is 1. The summed E-state index contributed by atoms with van der Waals surface area (Å²) in [5, 5.41) is 0. The smallest absolute Gasteiger partial charge is 0.0506 e. The highest BCUT2D eigenvalue weighted by Crippen LogP contribution is 2.23. The maximum Gasteiger partial charge on any atom is 0.0506 e. The molecule has 1 nitrogen and oxygen atoms in total. The Hall–Kier alpha value is -1.60. The van der Waals surface area contributed by atoms with Crippen molar-refractivity contribution < 1.29 is 4.74 Å². The number of benzene rings is 2. The monoisotopic (exact) mass is 254 g/mol. The van der Waals surface area contributed by atoms with Gasteiger partial charge in [-0.3, -0.25) is 0 Å². The van der Waals surface area contributed by atoms with Crippen molar-refractivity contribution in [1.82, 2.24) is 0 Å². The molecular formula is C18H22O. The van der Waals surface area contributed by atoms with Gasteiger partial charge in [-0.05, 0) is 29.0 Å². The summed E-state index contributed by atoms with van der Waals surface area (Å²) in [4.78, 5) is 0. The summed E-state index contributed by atoms with van der Waals surface area (Å²) in [7, 11) is 0. The molecule has 0 amide bonds. The van der Waals surface area contributed by atoms with E-state index in [0.717, 1.165) is 19.6 Å². The number of hydrogen-bond donors (Lipinski definition) is 0. The Balaban J connectivity index is 2.05. The number of rotatable bonds is 6. The third-order valence-corrected chi connectivity index (χ3v) is 3.07. The Morgan fingerprint density at radius 3 is 2.32 bits per heavy atom. The first-order chi connectivity index (χ1) is 9.27. The predicted molar refractivity (Wildman–Crippen MR) is 81.2 cm³/mol. The van der Waals surface area contributed by atoms with E-state index >= 15 is 0 Å². The van der Waals surface area contributed by atoms with Gasteiger partial charge in [0.05, 0.1) is 6.61 Å². The molecule has 100 valence electrons. The maximum atomic E-state index is 5.69. The fourth-order valence-corrected chi connectivity index (χ4v) is 2.14. The van der Waals surface area contributed by atoms with Crippen LogP contribution in [0, 0.1) is 5.92 Å². The molecule has 0 saturated carbocycles. The van der Waals surface area contributed by atoms with Gasteiger partial charge in [-0.25, -0.2) is 0 Å². The zero-order valence-corrected chi connectivity index (χ0v) is 11.8. The first-order valence-corrected chi connectivity index (χ1v) is 6.98. The summed E-state index contributed by atoms with van der Waals surface area (Å²) in [5.74, 6) is 0.601. The molecule has 0 spiro atoms. The molecule has 0 aliphatic carbocycles. The third kappa shape index (κ3) is 4.22. The maximum absolute atomic E-state index is 5.69. The summed E-state index contributed by atoms with van der Waals surface area (Å²) >= 11 is 0. The summed E-state index contributed by atoms with van der Waals surface area (Å²) < 4.78 is 5.69. The van der Waals surface area contributed by atoms with Crippen LogP contribution in [0.25, 0.3) is 11.1 Å². The molecule has 0 fully saturated rings. The van der Waals surface area contributed by atoms with Crippen LogP contribution in [0.3, 0.4) is 0 Å². The van der Waals surface area contributed by atoms with Crippen LogP contribution in [0.1, 0.15) is 19.4 Å². The van der Waals surface area contributed by atoms with Crippen LogP contribution in [0.2, 0.25) is 0 Å². The van der Waals surface area contributed by atoms with E-state index in [1.807, 2.05) is 0 Å². The van der Waals surface area contributed by atoms with Gasteiger partial charge in [0.25, 0.3) is 0 Å². The fourth-order valence-electron chi connectivity index (χ4n) is 2.14. The molecule has 0 unspecified atom stereocenters. The zero-order chi connectivity index (χ0) is 13.5. The van der Waals surface area contributed by atoms with Crippen LogP contribution >= 0.6 is 0 Å². The fraction of sp³-hybridized carbons (Fsp3) is 0.333. The standard InChI is InChI=1S/C18H22O/c1-15(2)14-19-13-12-17-10-6-7-11-18(17)16-8-4-3-5-9-16/h3-11,15H,12-14H2,1-2H3. The zero-order valence-electron chi connectivity index (χ0n) is 11.8. The van der Waals surface area contributed by atoms with Crippen molar-refractivity contribution in [1.29, 1.82) is 0 Å². The average molecular weight is 254 g/mol. The Labute approximate surface area is 116 Å². The minimum absolute atomic E-state index is 0.601. The van der Waals surface area contributed by atoms with Gasteiger partial charge in [0.2, 0.25) is 0 Å². The summed E-state index contributed by atoms with van der Waals surface area (Å²) in [6.45, 7) is 5.99. The van der Waals surface area contributed by atoms with E-state index in [4.69, 9.17) is 4.74 Å². The quantitative estimate of drug-likeness (QED) is 0.686. The van der Waals surface area contributed by atoms with Crippen molar-refractivity contribution >= 4 is 0 Å². The molecule has 0 radical (unpaired) electrons. The Morgan fingerprint density at radius 2 is 1.58 bits per heavy atom. The van der Waals surface area contributed by atoms with Crippen molar-refractivity contribution in [2.45, 2.75) is 20.3 Å². The summed E-state index contributed by atoms with van der Waals surface area (Å²) in [6, 6.07) is 19.1. The molecule has 19 heavy (non-hydrogen) atoms. The molecule has 0 N–H and O–H groups in total. The molecule has 0 bridgehead atoms. The van der Waals surface area contributed by atoms with Crippen LogP contribution in [0.15, 0.2) is 54.6 Å². The van der Waals surface area contributed by atoms with Gasteiger partial charge in [0.1, 0.15) is 0 Å². The lowest BCUT2D eigenvalue weighted by Crippen LogP contribution is -2.05. The van der Waals surface area contributed by atoms with Gasteiger partial charge in [-0.15, -0.1) is 0 Å². The molecule has 0 aromatic heterocycles. The van der Waals surface area contributed by atoms with Crippen LogP contribution in [0.5, 0.6) is 0 Å². The highest BCUT2D eigenvalue weighted by molar-refractivity contribution is 5.67. The summed E-state index contributed by atoms with van der Waals surface area (Å²) in [5.41, 5.74) is 3.95. The molecule has 1 heteroatoms. The lowest BCUT2D eigenvalue weighted by Gasteiger charge is -2.11. The van der Waals surface area contributed by atoms with Crippen LogP contribution < -0.4 is 0 Å². The van der Waals surface area contributed by atoms with E-state index in [-0.39, 0.29) is 0 Å². The lowest BCUT2D eigenvalue weighted by atomic mass is 9.98. The van der Waals surface area contributed by atoms with Gasteiger partial charge in [-0.2, -0.15) is 0 Å². The Kier molecular flexibility index (Phi) is 5.17. The van der Waals surface area contributed by atoms with Crippen molar-refractivity contribution in [3.05, 3.63) is 60.2 Å². The Morgan fingerprint density at radius 1 is 0.895 bits per heavy atom. The van der Waals surface area contributed by atoms with E-state index in [1.54, 1.807) is 0 Å². The largest absolute Gasteiger partial charge is 0.381 e. The second kappa shape index (κ2) is 7.10. The molecule has 0 heterocycles. The van der Waals surface area contributed by atoms with Crippen LogP contribution in [0.4, 0.5) is 0 Å². The molecule has 2 aromatic rings. The molecule has 0 aliphatic rings. The molecule has 0 saturated heterocycles. The molecule has 0 atom stereocenters. The normalized spacial score (nSPS) is 10.9. The molecule has 2 aromatic carbocycles. The first kappa shape index (κ1) is 13.8. The van der Waals surface area contributed by atoms with Crippen LogP contribution in [-0.2, 0) is 11.2 Å². The van der Waals surface area contributed by atoms with Gasteiger partial charge in [0.15, 0.2) is 0 Å². The van der Waals surface area contributed by atoms with Crippen molar-refractivity contribution in [2.75, 3.05) is 13.2 Å². The van der Waals surface area contributed by atoms with Crippen molar-refractivity contribution in [2.24, 2.45) is 5.92 Å². The van der Waals surface area contributed by atoms with Crippen LogP contribution in [-0.4, -0.2) is 13.2 Å². The van der Waals surface area contributed by atoms with E-state index in [2.05, 4.69) is 68.4 Å². The first-order valence-electron chi connectivity index (χ1n) is 6.98. The van der Waals surface area contributed by atoms with E-state index in [1.165, 1.54) is 16.7 Å². The van der Waals surface area contributed by atoms with E-state index in [0.29, 0.717) is 5.92 Å². The molecule has 2 rings (SSSR count). The van der Waals surface area contributed by atoms with Crippen molar-refractivity contribution in [3.63, 3.8) is 0 Å². The topological polar surface area (TPSA) is 9.23 Å². The molecule has 0 aliphatic heterocycles. The highest BCUT2D eigenvalue weighted by Gasteiger charge is 2.04. The minimum Gasteiger partial charge on any atom is -0.381 e. The number of ether oxygens (including phenoxy) is 1. The second-order valence-corrected chi connectivity index (χ2v) is 5.24. The van der Waals surface area contributed by atoms with E-state index in [9.17, 15) is 0 Å². The third-order valence-electron chi connectivity index (χ3n) is 3.07.